The Morgan fingerprint density at radius 1 is 1.00 bits per heavy atom. The molecule has 3 aromatic rings. The number of hydrazine groups is 1. The molecule has 0 saturated carbocycles. The van der Waals surface area contributed by atoms with Gasteiger partial charge in [0.15, 0.2) is 5.70 Å². The number of hydrogen-bond donors (Lipinski definition) is 1. The molecule has 0 bridgehead atoms. The monoisotopic (exact) mass is 430 g/mol. The molecule has 0 radical (unpaired) electrons. The number of anilines is 1. The third kappa shape index (κ3) is 3.71. The average Bonchev–Trinajstić information content (AvgIpc) is 3.05. The summed E-state index contributed by atoms with van der Waals surface area (Å²) in [5, 5.41) is 3.70. The molecule has 1 saturated heterocycles. The summed E-state index contributed by atoms with van der Waals surface area (Å²) < 4.78 is 0. The average molecular weight is 431 g/mol. The second kappa shape index (κ2) is 7.98. The van der Waals surface area contributed by atoms with E-state index in [1.807, 2.05) is 79.7 Å². The zero-order chi connectivity index (χ0) is 21.4. The van der Waals surface area contributed by atoms with Crippen molar-refractivity contribution < 1.29 is 9.63 Å². The first-order valence-corrected chi connectivity index (χ1v) is 10.3. The second-order valence-electron chi connectivity index (χ2n) is 7.42. The number of fused-ring (bicyclic) bond motifs is 1. The number of aryl methyl sites for hydroxylation is 1. The van der Waals surface area contributed by atoms with Gasteiger partial charge in [-0.2, -0.15) is 0 Å². The maximum atomic E-state index is 12.8. The highest BCUT2D eigenvalue weighted by Crippen LogP contribution is 2.34. The summed E-state index contributed by atoms with van der Waals surface area (Å²) in [6.45, 7) is 2.01. The second-order valence-corrected chi connectivity index (χ2v) is 7.83. The van der Waals surface area contributed by atoms with Crippen LogP contribution in [-0.4, -0.2) is 5.97 Å². The molecular formula is C24H19ClN4O2. The van der Waals surface area contributed by atoms with Gasteiger partial charge in [0.1, 0.15) is 0 Å². The van der Waals surface area contributed by atoms with Crippen molar-refractivity contribution in [2.75, 3.05) is 5.01 Å². The van der Waals surface area contributed by atoms with Gasteiger partial charge in [-0.15, -0.1) is 0 Å². The molecule has 0 amide bonds. The fourth-order valence-corrected chi connectivity index (χ4v) is 3.99. The molecule has 2 aliphatic heterocycles. The number of nitrogens with one attached hydrogen (secondary N) is 1. The van der Waals surface area contributed by atoms with Crippen molar-refractivity contribution in [1.29, 1.82) is 0 Å². The first kappa shape index (κ1) is 19.5. The van der Waals surface area contributed by atoms with E-state index in [-0.39, 0.29) is 6.04 Å². The smallest absolute Gasteiger partial charge is 0.345 e. The molecule has 0 spiro atoms. The molecule has 2 heterocycles. The van der Waals surface area contributed by atoms with E-state index in [1.165, 1.54) is 0 Å². The number of benzene rings is 3. The lowest BCUT2D eigenvalue weighted by Gasteiger charge is -2.19. The minimum Gasteiger partial charge on any atom is -0.345 e. The lowest BCUT2D eigenvalue weighted by molar-refractivity contribution is -0.140. The SMILES string of the molecule is Cc1ccc(N2NOC(=O)C2=C2CC(c3ccccc3Cl)N=c3ccccc3=N2)cc1. The fraction of sp³-hybridized carbons (Fsp3) is 0.125. The van der Waals surface area contributed by atoms with Crippen molar-refractivity contribution >= 4 is 23.3 Å². The first-order valence-electron chi connectivity index (χ1n) is 9.93. The van der Waals surface area contributed by atoms with E-state index in [4.69, 9.17) is 26.4 Å². The Labute approximate surface area is 184 Å². The Hall–Kier alpha value is -3.48. The van der Waals surface area contributed by atoms with Crippen molar-refractivity contribution in [3.05, 3.63) is 111 Å². The van der Waals surface area contributed by atoms with Gasteiger partial charge >= 0.3 is 5.97 Å². The van der Waals surface area contributed by atoms with Crippen molar-refractivity contribution in [2.45, 2.75) is 19.4 Å². The molecule has 0 aromatic heterocycles. The Bertz CT molecular complexity index is 1320. The van der Waals surface area contributed by atoms with Gasteiger partial charge < -0.3 is 4.84 Å². The van der Waals surface area contributed by atoms with Crippen LogP contribution in [0.15, 0.2) is 94.2 Å². The predicted molar refractivity (Wildman–Crippen MR) is 117 cm³/mol. The van der Waals surface area contributed by atoms with Crippen LogP contribution in [0.25, 0.3) is 0 Å². The van der Waals surface area contributed by atoms with Gasteiger partial charge in [0, 0.05) is 11.4 Å². The summed E-state index contributed by atoms with van der Waals surface area (Å²) in [5.41, 5.74) is 6.41. The number of carbonyl (C=O) groups excluding carboxylic acids is 1. The third-order valence-corrected chi connectivity index (χ3v) is 5.64. The van der Waals surface area contributed by atoms with Crippen molar-refractivity contribution in [3.8, 4) is 0 Å². The van der Waals surface area contributed by atoms with Gasteiger partial charge in [-0.05, 0) is 42.8 Å². The third-order valence-electron chi connectivity index (χ3n) is 5.30. The molecular weight excluding hydrogens is 412 g/mol. The van der Waals surface area contributed by atoms with Crippen LogP contribution in [0.2, 0.25) is 5.02 Å². The molecule has 1 atom stereocenters. The van der Waals surface area contributed by atoms with Crippen molar-refractivity contribution in [3.63, 3.8) is 0 Å². The highest BCUT2D eigenvalue weighted by atomic mass is 35.5. The van der Waals surface area contributed by atoms with Crippen LogP contribution in [0.5, 0.6) is 0 Å². The van der Waals surface area contributed by atoms with E-state index in [9.17, 15) is 4.79 Å². The summed E-state index contributed by atoms with van der Waals surface area (Å²) in [4.78, 5) is 27.7. The molecule has 31 heavy (non-hydrogen) atoms. The molecule has 5 rings (SSSR count). The fourth-order valence-electron chi connectivity index (χ4n) is 3.72. The number of rotatable bonds is 2. The summed E-state index contributed by atoms with van der Waals surface area (Å²) in [6.07, 6.45) is 0.396. The number of hydrogen-bond acceptors (Lipinski definition) is 6. The number of nitrogens with zero attached hydrogens (tertiary/aromatic N) is 3. The van der Waals surface area contributed by atoms with Crippen LogP contribution in [0.3, 0.4) is 0 Å². The molecule has 2 aliphatic rings. The van der Waals surface area contributed by atoms with E-state index in [2.05, 4.69) is 5.59 Å². The molecule has 0 aliphatic carbocycles. The summed E-state index contributed by atoms with van der Waals surface area (Å²) in [7, 11) is 0. The van der Waals surface area contributed by atoms with E-state index in [1.54, 1.807) is 5.01 Å². The van der Waals surface area contributed by atoms with Gasteiger partial charge in [-0.25, -0.2) is 14.8 Å². The minimum absolute atomic E-state index is 0.295. The first-order chi connectivity index (χ1) is 15.1. The van der Waals surface area contributed by atoms with E-state index < -0.39 is 5.97 Å². The molecule has 1 unspecified atom stereocenters. The van der Waals surface area contributed by atoms with Crippen LogP contribution in [0.1, 0.15) is 23.6 Å². The van der Waals surface area contributed by atoms with Gasteiger partial charge in [0.25, 0.3) is 0 Å². The highest BCUT2D eigenvalue weighted by molar-refractivity contribution is 6.31. The Kier molecular flexibility index (Phi) is 5.02. The molecule has 154 valence electrons. The van der Waals surface area contributed by atoms with Crippen LogP contribution < -0.4 is 21.3 Å². The van der Waals surface area contributed by atoms with E-state index in [0.29, 0.717) is 28.2 Å². The quantitative estimate of drug-likeness (QED) is 0.629. The van der Waals surface area contributed by atoms with Gasteiger partial charge in [0.05, 0.1) is 28.1 Å². The van der Waals surface area contributed by atoms with Crippen LogP contribution >= 0.6 is 11.6 Å². The maximum Gasteiger partial charge on any atom is 0.378 e. The summed E-state index contributed by atoms with van der Waals surface area (Å²) >= 11 is 6.49. The minimum atomic E-state index is -0.489. The van der Waals surface area contributed by atoms with Gasteiger partial charge in [-0.1, -0.05) is 65.2 Å². The summed E-state index contributed by atoms with van der Waals surface area (Å²) in [6, 6.07) is 22.7. The topological polar surface area (TPSA) is 66.3 Å². The number of halogens is 1. The predicted octanol–water partition coefficient (Wildman–Crippen LogP) is 3.73. The molecule has 7 heteroatoms. The normalized spacial score (nSPS) is 20.4. The Morgan fingerprint density at radius 2 is 1.71 bits per heavy atom. The number of carbonyl (C=O) groups is 1. The number of para-hydroxylation sites is 2. The van der Waals surface area contributed by atoms with Gasteiger partial charge in [-0.3, -0.25) is 4.99 Å². The van der Waals surface area contributed by atoms with Crippen LogP contribution in [0, 0.1) is 6.92 Å². The standard InChI is InChI=1S/C24H19ClN4O2/c1-15-10-12-16(13-11-15)29-23(24(30)31-28-29)22-14-21(17-6-2-3-7-18(17)25)26-19-8-4-5-9-20(19)27-22/h2-13,21,28H,14H2,1H3. The largest absolute Gasteiger partial charge is 0.378 e. The Morgan fingerprint density at radius 3 is 2.48 bits per heavy atom. The van der Waals surface area contributed by atoms with Crippen LogP contribution in [-0.2, 0) is 9.63 Å². The van der Waals surface area contributed by atoms with Crippen molar-refractivity contribution in [1.82, 2.24) is 5.59 Å². The Balaban J connectivity index is 1.71. The summed E-state index contributed by atoms with van der Waals surface area (Å²) in [5.74, 6) is -0.489. The lowest BCUT2D eigenvalue weighted by atomic mass is 10.0. The zero-order valence-electron chi connectivity index (χ0n) is 16.7. The molecule has 1 N–H and O–H groups in total. The molecule has 3 aromatic carbocycles. The van der Waals surface area contributed by atoms with Gasteiger partial charge in [0.2, 0.25) is 0 Å². The van der Waals surface area contributed by atoms with Crippen molar-refractivity contribution in [2.24, 2.45) is 9.98 Å². The lowest BCUT2D eigenvalue weighted by Crippen LogP contribution is -2.29. The molecule has 6 nitrogen and oxygen atoms in total. The maximum absolute atomic E-state index is 12.8. The molecule has 1 fully saturated rings. The van der Waals surface area contributed by atoms with E-state index in [0.717, 1.165) is 22.2 Å². The zero-order valence-corrected chi connectivity index (χ0v) is 17.5. The van der Waals surface area contributed by atoms with E-state index >= 15 is 0 Å². The van der Waals surface area contributed by atoms with Crippen LogP contribution in [0.4, 0.5) is 5.69 Å². The highest BCUT2D eigenvalue weighted by Gasteiger charge is 2.34.